The third kappa shape index (κ3) is 3.50. The van der Waals surface area contributed by atoms with Crippen LogP contribution in [0.3, 0.4) is 0 Å². The molecule has 0 heterocycles. The van der Waals surface area contributed by atoms with Crippen LogP contribution in [0.15, 0.2) is 22.7 Å². The summed E-state index contributed by atoms with van der Waals surface area (Å²) in [6.07, 6.45) is 5.19. The molecule has 3 N–H and O–H groups in total. The van der Waals surface area contributed by atoms with Crippen molar-refractivity contribution in [2.24, 2.45) is 5.73 Å². The number of hydrogen-bond acceptors (Lipinski definition) is 3. The van der Waals surface area contributed by atoms with Crippen LogP contribution in [0.25, 0.3) is 0 Å². The number of amides is 1. The van der Waals surface area contributed by atoms with Crippen molar-refractivity contribution in [2.75, 3.05) is 18.0 Å². The fourth-order valence-electron chi connectivity index (χ4n) is 1.47. The molecule has 0 aliphatic carbocycles. The van der Waals surface area contributed by atoms with Gasteiger partial charge in [0, 0.05) is 4.47 Å². The summed E-state index contributed by atoms with van der Waals surface area (Å²) in [4.78, 5) is 23.5. The van der Waals surface area contributed by atoms with Crippen molar-refractivity contribution in [3.8, 4) is 12.3 Å². The number of rotatable bonds is 5. The number of halogens is 1. The van der Waals surface area contributed by atoms with E-state index in [-0.39, 0.29) is 18.7 Å². The average Bonchev–Trinajstić information content (AvgIpc) is 2.27. The van der Waals surface area contributed by atoms with E-state index >= 15 is 0 Å². The van der Waals surface area contributed by atoms with E-state index in [1.807, 2.05) is 0 Å². The molecule has 0 radical (unpaired) electrons. The van der Waals surface area contributed by atoms with Gasteiger partial charge in [-0.15, -0.1) is 6.42 Å². The number of terminal acetylenes is 1. The average molecular weight is 311 g/mol. The second-order valence-electron chi connectivity index (χ2n) is 3.48. The minimum atomic E-state index is -1.04. The third-order valence-electron chi connectivity index (χ3n) is 2.17. The molecule has 0 atom stereocenters. The predicted molar refractivity (Wildman–Crippen MR) is 71.3 cm³/mol. The molecule has 1 rings (SSSR count). The van der Waals surface area contributed by atoms with Gasteiger partial charge in [-0.05, 0) is 18.2 Å². The van der Waals surface area contributed by atoms with Crippen LogP contribution in [-0.2, 0) is 4.79 Å². The van der Waals surface area contributed by atoms with Crippen LogP contribution in [0.4, 0.5) is 5.69 Å². The van der Waals surface area contributed by atoms with Crippen molar-refractivity contribution >= 4 is 33.5 Å². The molecule has 6 heteroatoms. The zero-order valence-electron chi connectivity index (χ0n) is 9.39. The highest BCUT2D eigenvalue weighted by molar-refractivity contribution is 9.10. The van der Waals surface area contributed by atoms with Gasteiger partial charge in [-0.25, -0.2) is 0 Å². The number of nitrogens with zero attached hydrogens (tertiary/aromatic N) is 1. The Hall–Kier alpha value is -2.00. The molecule has 94 valence electrons. The quantitative estimate of drug-likeness (QED) is 0.797. The van der Waals surface area contributed by atoms with Crippen molar-refractivity contribution in [1.82, 2.24) is 0 Å². The van der Waals surface area contributed by atoms with Crippen molar-refractivity contribution in [2.45, 2.75) is 0 Å². The van der Waals surface area contributed by atoms with Gasteiger partial charge in [0.2, 0.25) is 0 Å². The maximum atomic E-state index is 11.3. The Morgan fingerprint density at radius 2 is 2.17 bits per heavy atom. The number of carboxylic acid groups (broad SMARTS) is 1. The Balaban J connectivity index is 3.25. The van der Waals surface area contributed by atoms with E-state index in [1.165, 1.54) is 11.0 Å². The number of benzene rings is 1. The number of anilines is 1. The first-order chi connectivity index (χ1) is 8.45. The van der Waals surface area contributed by atoms with Gasteiger partial charge in [0.25, 0.3) is 5.91 Å². The molecule has 0 spiro atoms. The molecule has 1 amide bonds. The Morgan fingerprint density at radius 1 is 1.50 bits per heavy atom. The van der Waals surface area contributed by atoms with Gasteiger partial charge in [-0.2, -0.15) is 0 Å². The summed E-state index contributed by atoms with van der Waals surface area (Å²) in [5.41, 5.74) is 5.88. The normalized spacial score (nSPS) is 9.56. The van der Waals surface area contributed by atoms with Crippen molar-refractivity contribution < 1.29 is 14.7 Å². The summed E-state index contributed by atoms with van der Waals surface area (Å²) in [6, 6.07) is 4.78. The van der Waals surface area contributed by atoms with Crippen LogP contribution in [0.1, 0.15) is 10.4 Å². The lowest BCUT2D eigenvalue weighted by Crippen LogP contribution is -2.32. The highest BCUT2D eigenvalue weighted by Gasteiger charge is 2.16. The molecular formula is C12H11BrN2O3. The van der Waals surface area contributed by atoms with Gasteiger partial charge >= 0.3 is 5.97 Å². The molecule has 0 aromatic heterocycles. The predicted octanol–water partition coefficient (Wildman–Crippen LogP) is 1.07. The molecule has 1 aromatic rings. The largest absolute Gasteiger partial charge is 0.480 e. The third-order valence-corrected chi connectivity index (χ3v) is 2.67. The topological polar surface area (TPSA) is 83.6 Å². The fourth-order valence-corrected chi connectivity index (χ4v) is 1.82. The van der Waals surface area contributed by atoms with Crippen LogP contribution in [0.5, 0.6) is 0 Å². The van der Waals surface area contributed by atoms with Crippen LogP contribution < -0.4 is 10.6 Å². The van der Waals surface area contributed by atoms with Crippen molar-refractivity contribution in [3.05, 3.63) is 28.2 Å². The summed E-state index contributed by atoms with van der Waals surface area (Å²) >= 11 is 3.25. The van der Waals surface area contributed by atoms with Gasteiger partial charge in [0.1, 0.15) is 6.54 Å². The summed E-state index contributed by atoms with van der Waals surface area (Å²) < 4.78 is 0.704. The van der Waals surface area contributed by atoms with Crippen LogP contribution in [-0.4, -0.2) is 30.1 Å². The Labute approximate surface area is 113 Å². The lowest BCUT2D eigenvalue weighted by atomic mass is 10.1. The molecule has 18 heavy (non-hydrogen) atoms. The molecule has 0 unspecified atom stereocenters. The van der Waals surface area contributed by atoms with E-state index in [1.54, 1.807) is 12.1 Å². The first-order valence-electron chi connectivity index (χ1n) is 4.95. The van der Waals surface area contributed by atoms with Crippen molar-refractivity contribution in [3.63, 3.8) is 0 Å². The Bertz CT molecular complexity index is 523. The number of nitrogens with two attached hydrogens (primary N) is 1. The van der Waals surface area contributed by atoms with Gasteiger partial charge in [0.15, 0.2) is 0 Å². The highest BCUT2D eigenvalue weighted by Crippen LogP contribution is 2.24. The SMILES string of the molecule is C#CCN(CC(=O)O)c1cc(Br)ccc1C(N)=O. The minimum absolute atomic E-state index is 0.0725. The minimum Gasteiger partial charge on any atom is -0.480 e. The van der Waals surface area contributed by atoms with E-state index in [0.29, 0.717) is 10.2 Å². The van der Waals surface area contributed by atoms with E-state index in [9.17, 15) is 9.59 Å². The van der Waals surface area contributed by atoms with Crippen LogP contribution in [0.2, 0.25) is 0 Å². The maximum absolute atomic E-state index is 11.3. The van der Waals surface area contributed by atoms with Gasteiger partial charge in [-0.3, -0.25) is 9.59 Å². The first-order valence-corrected chi connectivity index (χ1v) is 5.74. The lowest BCUT2D eigenvalue weighted by Gasteiger charge is -2.22. The first kappa shape index (κ1) is 14.1. The zero-order valence-corrected chi connectivity index (χ0v) is 11.0. The number of carbonyl (C=O) groups excluding carboxylic acids is 1. The molecule has 0 fully saturated rings. The summed E-state index contributed by atoms with van der Waals surface area (Å²) in [7, 11) is 0. The van der Waals surface area contributed by atoms with Crippen LogP contribution >= 0.6 is 15.9 Å². The molecule has 0 saturated heterocycles. The zero-order chi connectivity index (χ0) is 13.7. The second kappa shape index (κ2) is 6.07. The van der Waals surface area contributed by atoms with Gasteiger partial charge in [-0.1, -0.05) is 21.9 Å². The molecular weight excluding hydrogens is 300 g/mol. The summed E-state index contributed by atoms with van der Waals surface area (Å²) in [5.74, 6) is 0.677. The number of primary amides is 1. The second-order valence-corrected chi connectivity index (χ2v) is 4.40. The van der Waals surface area contributed by atoms with E-state index in [4.69, 9.17) is 17.3 Å². The lowest BCUT2D eigenvalue weighted by molar-refractivity contribution is -0.135. The Morgan fingerprint density at radius 3 is 2.67 bits per heavy atom. The standard InChI is InChI=1S/C12H11BrN2O3/c1-2-5-15(7-11(16)17)10-6-8(13)3-4-9(10)12(14)18/h1,3-4,6H,5,7H2,(H2,14,18)(H,16,17). The number of carboxylic acids is 1. The summed E-state index contributed by atoms with van der Waals surface area (Å²) in [5, 5.41) is 8.83. The van der Waals surface area contributed by atoms with E-state index < -0.39 is 11.9 Å². The number of aliphatic carboxylic acids is 1. The molecule has 0 aliphatic heterocycles. The fraction of sp³-hybridized carbons (Fsp3) is 0.167. The number of hydrogen-bond donors (Lipinski definition) is 2. The molecule has 5 nitrogen and oxygen atoms in total. The molecule has 0 aliphatic rings. The maximum Gasteiger partial charge on any atom is 0.323 e. The molecule has 1 aromatic carbocycles. The number of carbonyl (C=O) groups is 2. The van der Waals surface area contributed by atoms with Crippen LogP contribution in [0, 0.1) is 12.3 Å². The smallest absolute Gasteiger partial charge is 0.323 e. The van der Waals surface area contributed by atoms with E-state index in [2.05, 4.69) is 21.9 Å². The molecule has 0 bridgehead atoms. The monoisotopic (exact) mass is 310 g/mol. The molecule has 0 saturated carbocycles. The van der Waals surface area contributed by atoms with Gasteiger partial charge in [0.05, 0.1) is 17.8 Å². The van der Waals surface area contributed by atoms with Crippen molar-refractivity contribution in [1.29, 1.82) is 0 Å². The summed E-state index contributed by atoms with van der Waals surface area (Å²) in [6.45, 7) is -0.232. The highest BCUT2D eigenvalue weighted by atomic mass is 79.9. The van der Waals surface area contributed by atoms with Gasteiger partial charge < -0.3 is 15.7 Å². The van der Waals surface area contributed by atoms with E-state index in [0.717, 1.165) is 0 Å². The Kier molecular flexibility index (Phi) is 4.75.